The molecule has 0 aromatic heterocycles. The average molecular weight is 538 g/mol. The topological polar surface area (TPSA) is 83.0 Å². The molecular weight excluding hydrogens is 503 g/mol. The van der Waals surface area contributed by atoms with Crippen molar-refractivity contribution < 1.29 is 13.2 Å². The maximum Gasteiger partial charge on any atom is 0.213 e. The van der Waals surface area contributed by atoms with E-state index in [4.69, 9.17) is 4.74 Å². The van der Waals surface area contributed by atoms with Gasteiger partial charge >= 0.3 is 0 Å². The number of hydrogen-bond acceptors (Lipinski definition) is 4. The molecule has 0 aliphatic carbocycles. The van der Waals surface area contributed by atoms with E-state index < -0.39 is 10.0 Å². The predicted molar refractivity (Wildman–Crippen MR) is 130 cm³/mol. The number of aliphatic imine (C=N–C) groups is 1. The van der Waals surface area contributed by atoms with Gasteiger partial charge in [-0.15, -0.1) is 24.0 Å². The number of nitrogens with zero attached hydrogens (tertiary/aromatic N) is 2. The van der Waals surface area contributed by atoms with Crippen LogP contribution in [0.1, 0.15) is 39.2 Å². The normalized spacial score (nSPS) is 17.3. The van der Waals surface area contributed by atoms with Gasteiger partial charge in [0.2, 0.25) is 10.0 Å². The fraction of sp³-hybridized carbons (Fsp3) is 0.650. The monoisotopic (exact) mass is 538 g/mol. The van der Waals surface area contributed by atoms with Gasteiger partial charge in [0.1, 0.15) is 11.9 Å². The molecule has 9 heteroatoms. The molecule has 0 spiro atoms. The number of benzene rings is 1. The Morgan fingerprint density at radius 3 is 2.59 bits per heavy atom. The van der Waals surface area contributed by atoms with E-state index in [0.29, 0.717) is 19.6 Å². The number of aryl methyl sites for hydroxylation is 1. The molecular formula is C20H35IN4O3S. The Kier molecular flexibility index (Phi) is 11.3. The third-order valence-electron chi connectivity index (χ3n) is 4.73. The van der Waals surface area contributed by atoms with Crippen LogP contribution in [-0.2, 0) is 10.0 Å². The van der Waals surface area contributed by atoms with Crippen LogP contribution < -0.4 is 15.4 Å². The van der Waals surface area contributed by atoms with E-state index in [2.05, 4.69) is 15.6 Å². The van der Waals surface area contributed by atoms with Gasteiger partial charge in [0.25, 0.3) is 0 Å². The molecule has 1 aliphatic heterocycles. The quantitative estimate of drug-likeness (QED) is 0.302. The van der Waals surface area contributed by atoms with E-state index in [9.17, 15) is 8.42 Å². The van der Waals surface area contributed by atoms with Gasteiger partial charge in [0, 0.05) is 25.7 Å². The van der Waals surface area contributed by atoms with E-state index in [1.165, 1.54) is 5.56 Å². The molecule has 0 bridgehead atoms. The molecule has 1 fully saturated rings. The maximum absolute atomic E-state index is 12.0. The number of sulfonamides is 1. The van der Waals surface area contributed by atoms with Crippen LogP contribution in [0.25, 0.3) is 0 Å². The first-order valence-corrected chi connectivity index (χ1v) is 11.7. The molecule has 0 saturated carbocycles. The smallest absolute Gasteiger partial charge is 0.213 e. The molecule has 0 radical (unpaired) electrons. The summed E-state index contributed by atoms with van der Waals surface area (Å²) in [5.74, 6) is 1.76. The SMILES string of the molecule is CCNC(=NCC(C)Oc1cccc(C)c1)NC1CCN(S(=O)(=O)CC)CC1.I. The molecule has 1 aromatic carbocycles. The van der Waals surface area contributed by atoms with Crippen LogP contribution in [0.2, 0.25) is 0 Å². The standard InChI is InChI=1S/C20H34N4O3S.HI/c1-5-21-20(22-15-17(4)27-19-9-7-8-16(3)14-19)23-18-10-12-24(13-11-18)28(25,26)6-2;/h7-9,14,17-18H,5-6,10-13,15H2,1-4H3,(H2,21,22,23);1H. The first-order valence-electron chi connectivity index (χ1n) is 10.1. The zero-order valence-corrected chi connectivity index (χ0v) is 21.0. The van der Waals surface area contributed by atoms with Crippen LogP contribution >= 0.6 is 24.0 Å². The van der Waals surface area contributed by atoms with Crippen LogP contribution in [0.5, 0.6) is 5.75 Å². The molecule has 1 aliphatic rings. The summed E-state index contributed by atoms with van der Waals surface area (Å²) in [4.78, 5) is 4.65. The zero-order chi connectivity index (χ0) is 20.6. The Hall–Kier alpha value is -1.07. The summed E-state index contributed by atoms with van der Waals surface area (Å²) in [5.41, 5.74) is 1.17. The van der Waals surface area contributed by atoms with Crippen LogP contribution in [-0.4, -0.2) is 62.8 Å². The Balaban J connectivity index is 0.00000420. The summed E-state index contributed by atoms with van der Waals surface area (Å²) >= 11 is 0. The van der Waals surface area contributed by atoms with Gasteiger partial charge in [-0.25, -0.2) is 17.7 Å². The zero-order valence-electron chi connectivity index (χ0n) is 17.8. The predicted octanol–water partition coefficient (Wildman–Crippen LogP) is 2.75. The fourth-order valence-electron chi connectivity index (χ4n) is 3.15. The van der Waals surface area contributed by atoms with Crippen molar-refractivity contribution >= 4 is 40.0 Å². The van der Waals surface area contributed by atoms with Crippen molar-refractivity contribution in [1.82, 2.24) is 14.9 Å². The highest BCUT2D eigenvalue weighted by atomic mass is 127. The number of ether oxygens (including phenoxy) is 1. The lowest BCUT2D eigenvalue weighted by Crippen LogP contribution is -2.50. The Morgan fingerprint density at radius 1 is 1.31 bits per heavy atom. The van der Waals surface area contributed by atoms with Crippen LogP contribution in [0.4, 0.5) is 0 Å². The summed E-state index contributed by atoms with van der Waals surface area (Å²) < 4.78 is 31.5. The second kappa shape index (κ2) is 12.6. The van der Waals surface area contributed by atoms with Crippen LogP contribution in [0.3, 0.4) is 0 Å². The molecule has 1 unspecified atom stereocenters. The molecule has 1 saturated heterocycles. The van der Waals surface area contributed by atoms with Crippen molar-refractivity contribution in [3.05, 3.63) is 29.8 Å². The Bertz CT molecular complexity index is 750. The van der Waals surface area contributed by atoms with E-state index in [1.807, 2.05) is 45.0 Å². The third kappa shape index (κ3) is 8.67. The number of hydrogen-bond donors (Lipinski definition) is 2. The first-order chi connectivity index (χ1) is 13.3. The molecule has 7 nitrogen and oxygen atoms in total. The van der Waals surface area contributed by atoms with E-state index in [-0.39, 0.29) is 41.9 Å². The van der Waals surface area contributed by atoms with Crippen LogP contribution in [0.15, 0.2) is 29.3 Å². The summed E-state index contributed by atoms with van der Waals surface area (Å²) in [6, 6.07) is 8.21. The molecule has 1 heterocycles. The van der Waals surface area contributed by atoms with Gasteiger partial charge < -0.3 is 15.4 Å². The number of rotatable bonds is 8. The summed E-state index contributed by atoms with van der Waals surface area (Å²) in [6.45, 7) is 10.2. The van der Waals surface area contributed by atoms with E-state index in [0.717, 1.165) is 31.1 Å². The van der Waals surface area contributed by atoms with Gasteiger partial charge in [0.15, 0.2) is 5.96 Å². The van der Waals surface area contributed by atoms with E-state index in [1.54, 1.807) is 11.2 Å². The maximum atomic E-state index is 12.0. The van der Waals surface area contributed by atoms with Crippen molar-refractivity contribution in [3.8, 4) is 5.75 Å². The molecule has 2 N–H and O–H groups in total. The Morgan fingerprint density at radius 2 is 2.00 bits per heavy atom. The molecule has 1 aromatic rings. The molecule has 166 valence electrons. The van der Waals surface area contributed by atoms with Gasteiger partial charge in [-0.2, -0.15) is 0 Å². The number of piperidine rings is 1. The highest BCUT2D eigenvalue weighted by molar-refractivity contribution is 14.0. The molecule has 29 heavy (non-hydrogen) atoms. The lowest BCUT2D eigenvalue weighted by atomic mass is 10.1. The number of halogens is 1. The van der Waals surface area contributed by atoms with Crippen molar-refractivity contribution in [2.24, 2.45) is 4.99 Å². The fourth-order valence-corrected chi connectivity index (χ4v) is 4.28. The van der Waals surface area contributed by atoms with Crippen molar-refractivity contribution in [2.45, 2.75) is 52.7 Å². The molecule has 0 amide bonds. The van der Waals surface area contributed by atoms with Gasteiger partial charge in [-0.3, -0.25) is 0 Å². The van der Waals surface area contributed by atoms with Gasteiger partial charge in [0.05, 0.1) is 12.3 Å². The second-order valence-electron chi connectivity index (χ2n) is 7.18. The summed E-state index contributed by atoms with van der Waals surface area (Å²) in [7, 11) is -3.09. The van der Waals surface area contributed by atoms with Gasteiger partial charge in [-0.1, -0.05) is 12.1 Å². The Labute approximate surface area is 192 Å². The highest BCUT2D eigenvalue weighted by Gasteiger charge is 2.27. The third-order valence-corrected chi connectivity index (χ3v) is 6.61. The number of nitrogens with one attached hydrogen (secondary N) is 2. The van der Waals surface area contributed by atoms with Gasteiger partial charge in [-0.05, 0) is 58.2 Å². The van der Waals surface area contributed by atoms with Crippen molar-refractivity contribution in [1.29, 1.82) is 0 Å². The minimum atomic E-state index is -3.09. The lowest BCUT2D eigenvalue weighted by molar-refractivity contribution is 0.230. The molecule has 2 rings (SSSR count). The minimum absolute atomic E-state index is 0. The summed E-state index contributed by atoms with van der Waals surface area (Å²) in [5, 5.41) is 6.70. The number of guanidine groups is 1. The average Bonchev–Trinajstić information content (AvgIpc) is 2.67. The second-order valence-corrected chi connectivity index (χ2v) is 9.44. The van der Waals surface area contributed by atoms with E-state index >= 15 is 0 Å². The largest absolute Gasteiger partial charge is 0.489 e. The first kappa shape index (κ1) is 26.0. The highest BCUT2D eigenvalue weighted by Crippen LogP contribution is 2.15. The van der Waals surface area contributed by atoms with Crippen LogP contribution in [0, 0.1) is 6.92 Å². The van der Waals surface area contributed by atoms with Crippen molar-refractivity contribution in [2.75, 3.05) is 31.9 Å². The van der Waals surface area contributed by atoms with Crippen molar-refractivity contribution in [3.63, 3.8) is 0 Å². The molecule has 1 atom stereocenters. The minimum Gasteiger partial charge on any atom is -0.489 e. The lowest BCUT2D eigenvalue weighted by Gasteiger charge is -2.32. The summed E-state index contributed by atoms with van der Waals surface area (Å²) in [6.07, 6.45) is 1.51.